The monoisotopic (exact) mass is 204 g/mol. The Kier molecular flexibility index (Phi) is 4.03. The lowest BCUT2D eigenvalue weighted by atomic mass is 10.0. The van der Waals surface area contributed by atoms with Gasteiger partial charge in [0, 0.05) is 0 Å². The molecule has 0 aliphatic carbocycles. The third kappa shape index (κ3) is 2.31. The molecule has 0 amide bonds. The lowest BCUT2D eigenvalue weighted by Gasteiger charge is -2.38. The molecule has 1 fully saturated rings. The number of aliphatic hydroxyl groups is 3. The first-order valence-corrected chi connectivity index (χ1v) is 4.50. The third-order valence-corrected chi connectivity index (χ3v) is 2.19. The molecule has 1 unspecified atom stereocenters. The minimum atomic E-state index is -1.24. The van der Waals surface area contributed by atoms with Crippen molar-refractivity contribution < 1.29 is 24.8 Å². The van der Waals surface area contributed by atoms with Crippen molar-refractivity contribution in [2.45, 2.75) is 37.6 Å². The summed E-state index contributed by atoms with van der Waals surface area (Å²) in [4.78, 5) is 0. The van der Waals surface area contributed by atoms with E-state index < -0.39 is 30.7 Å². The SMILES string of the molecule is C=CCOC1O[C@H](C)[C@@H](O)[C@H](O)[C@@H]1O. The van der Waals surface area contributed by atoms with E-state index in [9.17, 15) is 15.3 Å². The molecule has 5 heteroatoms. The van der Waals surface area contributed by atoms with E-state index in [1.54, 1.807) is 6.92 Å². The number of ether oxygens (including phenoxy) is 2. The van der Waals surface area contributed by atoms with Crippen molar-refractivity contribution >= 4 is 0 Å². The number of hydrogen-bond acceptors (Lipinski definition) is 5. The minimum Gasteiger partial charge on any atom is -0.388 e. The van der Waals surface area contributed by atoms with Crippen molar-refractivity contribution in [3.8, 4) is 0 Å². The van der Waals surface area contributed by atoms with Crippen LogP contribution in [-0.2, 0) is 9.47 Å². The van der Waals surface area contributed by atoms with Crippen LogP contribution in [0.5, 0.6) is 0 Å². The maximum absolute atomic E-state index is 9.46. The molecule has 0 aromatic carbocycles. The van der Waals surface area contributed by atoms with Gasteiger partial charge in [0.1, 0.15) is 18.3 Å². The van der Waals surface area contributed by atoms with Crippen LogP contribution in [0.1, 0.15) is 6.92 Å². The second kappa shape index (κ2) is 4.86. The van der Waals surface area contributed by atoms with Gasteiger partial charge in [0.2, 0.25) is 0 Å². The van der Waals surface area contributed by atoms with E-state index in [-0.39, 0.29) is 6.61 Å². The summed E-state index contributed by atoms with van der Waals surface area (Å²) in [6, 6.07) is 0. The molecule has 3 N–H and O–H groups in total. The van der Waals surface area contributed by atoms with Crippen molar-refractivity contribution in [1.29, 1.82) is 0 Å². The highest BCUT2D eigenvalue weighted by Crippen LogP contribution is 2.21. The summed E-state index contributed by atoms with van der Waals surface area (Å²) in [5, 5.41) is 28.2. The zero-order chi connectivity index (χ0) is 10.7. The molecular formula is C9H16O5. The fraction of sp³-hybridized carbons (Fsp3) is 0.778. The largest absolute Gasteiger partial charge is 0.388 e. The molecule has 0 aromatic rings. The summed E-state index contributed by atoms with van der Waals surface area (Å²) in [6.07, 6.45) is -3.54. The van der Waals surface area contributed by atoms with Gasteiger partial charge in [-0.15, -0.1) is 6.58 Å². The van der Waals surface area contributed by atoms with E-state index in [4.69, 9.17) is 9.47 Å². The van der Waals surface area contributed by atoms with Crippen LogP contribution in [0.2, 0.25) is 0 Å². The van der Waals surface area contributed by atoms with Crippen molar-refractivity contribution in [2.24, 2.45) is 0 Å². The zero-order valence-electron chi connectivity index (χ0n) is 8.04. The molecule has 1 saturated heterocycles. The number of rotatable bonds is 3. The second-order valence-corrected chi connectivity index (χ2v) is 3.30. The fourth-order valence-corrected chi connectivity index (χ4v) is 1.31. The molecule has 0 aromatic heterocycles. The molecule has 1 rings (SSSR count). The predicted octanol–water partition coefficient (Wildman–Crippen LogP) is -0.984. The quantitative estimate of drug-likeness (QED) is 0.515. The van der Waals surface area contributed by atoms with Gasteiger partial charge in [-0.2, -0.15) is 0 Å². The van der Waals surface area contributed by atoms with E-state index in [1.165, 1.54) is 6.08 Å². The number of aliphatic hydroxyl groups excluding tert-OH is 3. The summed E-state index contributed by atoms with van der Waals surface area (Å²) in [5.41, 5.74) is 0. The molecule has 1 aliphatic heterocycles. The Labute approximate surface area is 82.6 Å². The van der Waals surface area contributed by atoms with Crippen LogP contribution in [0, 0.1) is 0 Å². The van der Waals surface area contributed by atoms with Crippen molar-refractivity contribution in [3.05, 3.63) is 12.7 Å². The topological polar surface area (TPSA) is 79.2 Å². The van der Waals surface area contributed by atoms with Crippen LogP contribution in [-0.4, -0.2) is 52.6 Å². The highest BCUT2D eigenvalue weighted by atomic mass is 16.7. The maximum atomic E-state index is 9.46. The van der Waals surface area contributed by atoms with Crippen LogP contribution >= 0.6 is 0 Å². The summed E-state index contributed by atoms with van der Waals surface area (Å²) in [7, 11) is 0. The highest BCUT2D eigenvalue weighted by molar-refractivity contribution is 4.87. The lowest BCUT2D eigenvalue weighted by Crippen LogP contribution is -2.57. The van der Waals surface area contributed by atoms with Crippen molar-refractivity contribution in [1.82, 2.24) is 0 Å². The first-order valence-electron chi connectivity index (χ1n) is 4.50. The summed E-state index contributed by atoms with van der Waals surface area (Å²) < 4.78 is 10.2. The van der Waals surface area contributed by atoms with Crippen LogP contribution in [0.15, 0.2) is 12.7 Å². The first-order chi connectivity index (χ1) is 6.57. The van der Waals surface area contributed by atoms with Gasteiger partial charge < -0.3 is 24.8 Å². The van der Waals surface area contributed by atoms with E-state index in [2.05, 4.69) is 6.58 Å². The Balaban J connectivity index is 2.55. The molecular weight excluding hydrogens is 188 g/mol. The Morgan fingerprint density at radius 3 is 2.50 bits per heavy atom. The highest BCUT2D eigenvalue weighted by Gasteiger charge is 2.42. The third-order valence-electron chi connectivity index (χ3n) is 2.19. The van der Waals surface area contributed by atoms with E-state index in [0.717, 1.165) is 0 Å². The Hall–Kier alpha value is -0.460. The van der Waals surface area contributed by atoms with Gasteiger partial charge >= 0.3 is 0 Å². The van der Waals surface area contributed by atoms with Crippen LogP contribution in [0.3, 0.4) is 0 Å². The molecule has 0 radical (unpaired) electrons. The zero-order valence-corrected chi connectivity index (χ0v) is 8.04. The van der Waals surface area contributed by atoms with Crippen LogP contribution in [0.25, 0.3) is 0 Å². The average Bonchev–Trinajstić information content (AvgIpc) is 2.18. The molecule has 0 bridgehead atoms. The predicted molar refractivity (Wildman–Crippen MR) is 48.5 cm³/mol. The molecule has 0 saturated carbocycles. The normalized spacial score (nSPS) is 43.6. The lowest BCUT2D eigenvalue weighted by molar-refractivity contribution is -0.290. The standard InChI is InChI=1S/C9H16O5/c1-3-4-13-9-8(12)7(11)6(10)5(2)14-9/h3,5-12H,1,4H2,2H3/t5-,6-,7+,8+,9?/m1/s1. The van der Waals surface area contributed by atoms with E-state index >= 15 is 0 Å². The van der Waals surface area contributed by atoms with Gasteiger partial charge in [-0.3, -0.25) is 0 Å². The van der Waals surface area contributed by atoms with Crippen LogP contribution < -0.4 is 0 Å². The average molecular weight is 204 g/mol. The van der Waals surface area contributed by atoms with E-state index in [1.807, 2.05) is 0 Å². The molecule has 5 nitrogen and oxygen atoms in total. The Bertz CT molecular complexity index is 196. The van der Waals surface area contributed by atoms with Crippen molar-refractivity contribution in [3.63, 3.8) is 0 Å². The van der Waals surface area contributed by atoms with Gasteiger partial charge in [-0.25, -0.2) is 0 Å². The van der Waals surface area contributed by atoms with Crippen LogP contribution in [0.4, 0.5) is 0 Å². The summed E-state index contributed by atoms with van der Waals surface area (Å²) in [6.45, 7) is 5.27. The smallest absolute Gasteiger partial charge is 0.186 e. The van der Waals surface area contributed by atoms with Gasteiger partial charge in [0.05, 0.1) is 12.7 Å². The Morgan fingerprint density at radius 1 is 1.29 bits per heavy atom. The molecule has 14 heavy (non-hydrogen) atoms. The van der Waals surface area contributed by atoms with E-state index in [0.29, 0.717) is 0 Å². The maximum Gasteiger partial charge on any atom is 0.186 e. The fourth-order valence-electron chi connectivity index (χ4n) is 1.31. The molecule has 1 heterocycles. The second-order valence-electron chi connectivity index (χ2n) is 3.30. The van der Waals surface area contributed by atoms with Gasteiger partial charge in [-0.05, 0) is 6.92 Å². The summed E-state index contributed by atoms with van der Waals surface area (Å²) in [5.74, 6) is 0. The molecule has 5 atom stereocenters. The number of hydrogen-bond donors (Lipinski definition) is 3. The minimum absolute atomic E-state index is 0.220. The molecule has 0 spiro atoms. The molecule has 82 valence electrons. The van der Waals surface area contributed by atoms with Gasteiger partial charge in [-0.1, -0.05) is 6.08 Å². The molecule has 1 aliphatic rings. The van der Waals surface area contributed by atoms with Gasteiger partial charge in [0.25, 0.3) is 0 Å². The summed E-state index contributed by atoms with van der Waals surface area (Å²) >= 11 is 0. The van der Waals surface area contributed by atoms with Gasteiger partial charge in [0.15, 0.2) is 6.29 Å². The first kappa shape index (κ1) is 11.6. The van der Waals surface area contributed by atoms with Crippen molar-refractivity contribution in [2.75, 3.05) is 6.61 Å². The Morgan fingerprint density at radius 2 is 1.93 bits per heavy atom.